The lowest BCUT2D eigenvalue weighted by molar-refractivity contribution is -0.147. The first-order valence-electron chi connectivity index (χ1n) is 8.18. The number of hydrogen-bond acceptors (Lipinski definition) is 3. The van der Waals surface area contributed by atoms with Gasteiger partial charge in [0.1, 0.15) is 17.5 Å². The van der Waals surface area contributed by atoms with E-state index in [2.05, 4.69) is 20.7 Å². The standard InChI is InChI=1S/C18H16BrClF6O3/c1-17(2)9(4-10(20)18(24,25)26)11(17)16(27)29-6-7-12(19)13(21)8(5-28-3)15(23)14(7)22/h4,9,11H,5-6H2,1-3H3/b10-4-/t9-,11-/m1/s1. The summed E-state index contributed by atoms with van der Waals surface area (Å²) < 4.78 is 89.4. The van der Waals surface area contributed by atoms with Crippen LogP contribution in [0.2, 0.25) is 0 Å². The maximum Gasteiger partial charge on any atom is 0.426 e. The fraction of sp³-hybridized carbons (Fsp3) is 0.500. The molecule has 0 spiro atoms. The molecule has 29 heavy (non-hydrogen) atoms. The number of esters is 1. The zero-order valence-corrected chi connectivity index (χ0v) is 17.7. The van der Waals surface area contributed by atoms with Crippen LogP contribution >= 0.6 is 27.5 Å². The Morgan fingerprint density at radius 1 is 1.14 bits per heavy atom. The van der Waals surface area contributed by atoms with Gasteiger partial charge in [0, 0.05) is 12.7 Å². The molecule has 0 bridgehead atoms. The molecule has 0 unspecified atom stereocenters. The molecule has 0 heterocycles. The topological polar surface area (TPSA) is 35.5 Å². The molecule has 1 saturated carbocycles. The molecule has 0 radical (unpaired) electrons. The van der Waals surface area contributed by atoms with Crippen molar-refractivity contribution in [1.29, 1.82) is 0 Å². The molecule has 11 heteroatoms. The van der Waals surface area contributed by atoms with Gasteiger partial charge in [0.25, 0.3) is 0 Å². The first kappa shape index (κ1) is 24.0. The zero-order valence-electron chi connectivity index (χ0n) is 15.4. The highest BCUT2D eigenvalue weighted by atomic mass is 79.9. The average Bonchev–Trinajstić information content (AvgIpc) is 3.16. The maximum absolute atomic E-state index is 14.3. The van der Waals surface area contributed by atoms with Crippen LogP contribution in [-0.4, -0.2) is 19.3 Å². The van der Waals surface area contributed by atoms with E-state index >= 15 is 0 Å². The molecule has 0 saturated heterocycles. The number of carbonyl (C=O) groups excluding carboxylic acids is 1. The number of rotatable bonds is 6. The van der Waals surface area contributed by atoms with E-state index in [0.717, 1.165) is 6.08 Å². The molecule has 1 aromatic carbocycles. The molecule has 0 N–H and O–H groups in total. The number of halogens is 8. The fourth-order valence-electron chi connectivity index (χ4n) is 3.04. The van der Waals surface area contributed by atoms with E-state index in [9.17, 15) is 31.1 Å². The minimum Gasteiger partial charge on any atom is -0.460 e. The van der Waals surface area contributed by atoms with Crippen LogP contribution in [0, 0.1) is 34.7 Å². The second-order valence-electron chi connectivity index (χ2n) is 7.09. The van der Waals surface area contributed by atoms with Crippen LogP contribution in [0.3, 0.4) is 0 Å². The zero-order chi connectivity index (χ0) is 22.3. The van der Waals surface area contributed by atoms with Gasteiger partial charge in [-0.05, 0) is 27.3 Å². The molecule has 162 valence electrons. The second kappa shape index (κ2) is 8.47. The number of benzene rings is 1. The lowest BCUT2D eigenvalue weighted by atomic mass is 10.1. The third-order valence-electron chi connectivity index (χ3n) is 4.85. The third kappa shape index (κ3) is 4.74. The lowest BCUT2D eigenvalue weighted by Crippen LogP contribution is -2.14. The summed E-state index contributed by atoms with van der Waals surface area (Å²) in [6.07, 6.45) is -4.02. The summed E-state index contributed by atoms with van der Waals surface area (Å²) in [5.41, 5.74) is -2.09. The molecule has 3 nitrogen and oxygen atoms in total. The van der Waals surface area contributed by atoms with Crippen LogP contribution in [0.1, 0.15) is 25.0 Å². The van der Waals surface area contributed by atoms with Gasteiger partial charge < -0.3 is 9.47 Å². The summed E-state index contributed by atoms with van der Waals surface area (Å²) in [7, 11) is 1.17. The molecule has 2 atom stereocenters. The Labute approximate surface area is 176 Å². The molecule has 0 aromatic heterocycles. The number of methoxy groups -OCH3 is 1. The summed E-state index contributed by atoms with van der Waals surface area (Å²) in [5.74, 6) is -6.77. The number of carbonyl (C=O) groups is 1. The summed E-state index contributed by atoms with van der Waals surface area (Å²) in [6, 6.07) is 0. The van der Waals surface area contributed by atoms with Crippen LogP contribution < -0.4 is 0 Å². The Kier molecular flexibility index (Phi) is 7.01. The number of allylic oxidation sites excluding steroid dienone is 2. The normalized spacial score (nSPS) is 21.3. The Hall–Kier alpha value is -1.26. The quantitative estimate of drug-likeness (QED) is 0.268. The minimum atomic E-state index is -4.75. The smallest absolute Gasteiger partial charge is 0.426 e. The second-order valence-corrected chi connectivity index (χ2v) is 8.29. The third-order valence-corrected chi connectivity index (χ3v) is 6.02. The van der Waals surface area contributed by atoms with Gasteiger partial charge in [-0.1, -0.05) is 31.5 Å². The van der Waals surface area contributed by atoms with Gasteiger partial charge in [0.15, 0.2) is 11.6 Å². The van der Waals surface area contributed by atoms with Crippen LogP contribution in [0.25, 0.3) is 0 Å². The fourth-order valence-corrected chi connectivity index (χ4v) is 3.71. The van der Waals surface area contributed by atoms with E-state index in [1.54, 1.807) is 0 Å². The van der Waals surface area contributed by atoms with Crippen molar-refractivity contribution in [2.75, 3.05) is 7.11 Å². The number of alkyl halides is 3. The van der Waals surface area contributed by atoms with Crippen molar-refractivity contribution >= 4 is 33.5 Å². The summed E-state index contributed by atoms with van der Waals surface area (Å²) in [4.78, 5) is 12.3. The Balaban J connectivity index is 2.18. The first-order chi connectivity index (χ1) is 13.2. The van der Waals surface area contributed by atoms with Gasteiger partial charge in [-0.2, -0.15) is 13.2 Å². The van der Waals surface area contributed by atoms with Crippen molar-refractivity contribution in [3.63, 3.8) is 0 Å². The van der Waals surface area contributed by atoms with E-state index in [4.69, 9.17) is 16.3 Å². The molecule has 1 fully saturated rings. The van der Waals surface area contributed by atoms with Crippen LogP contribution in [-0.2, 0) is 27.5 Å². The minimum absolute atomic E-state index is 0.442. The molecule has 0 amide bonds. The van der Waals surface area contributed by atoms with Crippen molar-refractivity contribution < 1.29 is 40.6 Å². The van der Waals surface area contributed by atoms with Crippen LogP contribution in [0.5, 0.6) is 0 Å². The van der Waals surface area contributed by atoms with E-state index in [1.807, 2.05) is 0 Å². The predicted octanol–water partition coefficient (Wildman–Crippen LogP) is 6.01. The van der Waals surface area contributed by atoms with Gasteiger partial charge >= 0.3 is 12.1 Å². The maximum atomic E-state index is 14.3. The molecule has 2 rings (SSSR count). The number of hydrogen-bond donors (Lipinski definition) is 0. The lowest BCUT2D eigenvalue weighted by Gasteiger charge is -2.13. The Morgan fingerprint density at radius 2 is 1.69 bits per heavy atom. The first-order valence-corrected chi connectivity index (χ1v) is 9.36. The highest BCUT2D eigenvalue weighted by Crippen LogP contribution is 2.60. The number of ether oxygens (including phenoxy) is 2. The molecular formula is C18H16BrClF6O3. The van der Waals surface area contributed by atoms with Crippen molar-refractivity contribution in [2.24, 2.45) is 17.3 Å². The molecule has 0 aliphatic heterocycles. The average molecular weight is 510 g/mol. The van der Waals surface area contributed by atoms with Crippen molar-refractivity contribution in [1.82, 2.24) is 0 Å². The largest absolute Gasteiger partial charge is 0.460 e. The van der Waals surface area contributed by atoms with Crippen molar-refractivity contribution in [2.45, 2.75) is 33.2 Å². The Bertz CT molecular complexity index is 824. The summed E-state index contributed by atoms with van der Waals surface area (Å²) in [5, 5.41) is -1.36. The van der Waals surface area contributed by atoms with Crippen molar-refractivity contribution in [3.8, 4) is 0 Å². The van der Waals surface area contributed by atoms with Gasteiger partial charge in [0.2, 0.25) is 0 Å². The Morgan fingerprint density at radius 3 is 2.21 bits per heavy atom. The molecule has 1 aliphatic rings. The van der Waals surface area contributed by atoms with E-state index < -0.39 is 80.7 Å². The summed E-state index contributed by atoms with van der Waals surface area (Å²) in [6.45, 7) is 1.74. The predicted molar refractivity (Wildman–Crippen MR) is 95.3 cm³/mol. The molecule has 1 aliphatic carbocycles. The molecule has 1 aromatic rings. The van der Waals surface area contributed by atoms with E-state index in [-0.39, 0.29) is 0 Å². The highest BCUT2D eigenvalue weighted by molar-refractivity contribution is 9.10. The SMILES string of the molecule is COCc1c(F)c(F)c(COC(=O)[C@H]2[C@@H](/C=C(\Cl)C(F)(F)F)C2(C)C)c(Br)c1F. The van der Waals surface area contributed by atoms with Gasteiger partial charge in [-0.3, -0.25) is 4.79 Å². The monoisotopic (exact) mass is 508 g/mol. The molecular weight excluding hydrogens is 494 g/mol. The van der Waals surface area contributed by atoms with Gasteiger partial charge in [-0.25, -0.2) is 13.2 Å². The van der Waals surface area contributed by atoms with Gasteiger partial charge in [0.05, 0.1) is 22.6 Å². The van der Waals surface area contributed by atoms with E-state index in [1.165, 1.54) is 21.0 Å². The summed E-state index contributed by atoms with van der Waals surface area (Å²) >= 11 is 8.01. The highest BCUT2D eigenvalue weighted by Gasteiger charge is 2.62. The van der Waals surface area contributed by atoms with Crippen LogP contribution in [0.4, 0.5) is 26.3 Å². The van der Waals surface area contributed by atoms with Crippen LogP contribution in [0.15, 0.2) is 15.6 Å². The van der Waals surface area contributed by atoms with E-state index in [0.29, 0.717) is 0 Å². The van der Waals surface area contributed by atoms with Gasteiger partial charge in [-0.15, -0.1) is 0 Å². The van der Waals surface area contributed by atoms with Crippen molar-refractivity contribution in [3.05, 3.63) is 44.2 Å².